The van der Waals surface area contributed by atoms with Gasteiger partial charge in [-0.2, -0.15) is 0 Å². The van der Waals surface area contributed by atoms with Crippen molar-refractivity contribution in [2.24, 2.45) is 0 Å². The molecule has 0 aliphatic heterocycles. The van der Waals surface area contributed by atoms with Crippen LogP contribution in [-0.2, 0) is 10.0 Å². The van der Waals surface area contributed by atoms with Crippen LogP contribution in [0, 0.1) is 6.92 Å². The van der Waals surface area contributed by atoms with E-state index in [1.807, 2.05) is 6.07 Å². The van der Waals surface area contributed by atoms with E-state index in [9.17, 15) is 13.2 Å². The number of aromatic nitrogens is 1. The largest absolute Gasteiger partial charge is 0.328 e. The van der Waals surface area contributed by atoms with Gasteiger partial charge in [0, 0.05) is 6.20 Å². The number of para-hydroxylation sites is 1. The van der Waals surface area contributed by atoms with Crippen LogP contribution in [0.3, 0.4) is 0 Å². The summed E-state index contributed by atoms with van der Waals surface area (Å²) in [5.41, 5.74) is 0.604. The molecule has 0 saturated carbocycles. The van der Waals surface area contributed by atoms with Crippen molar-refractivity contribution in [3.63, 3.8) is 0 Å². The zero-order valence-corrected chi connectivity index (χ0v) is 10.5. The number of sulfonamides is 1. The van der Waals surface area contributed by atoms with Crippen LogP contribution in [0.25, 0.3) is 0 Å². The average Bonchev–Trinajstić information content (AvgIpc) is 2.32. The van der Waals surface area contributed by atoms with Crippen LogP contribution in [-0.4, -0.2) is 13.4 Å². The highest BCUT2D eigenvalue weighted by atomic mass is 32.2. The lowest BCUT2D eigenvalue weighted by atomic mass is 10.2. The van der Waals surface area contributed by atoms with Crippen molar-refractivity contribution < 1.29 is 8.42 Å². The SMILES string of the molecule is Cc1ccccc1NS(=O)(=O)c1ccc[nH]c1=O. The van der Waals surface area contributed by atoms with Crippen molar-refractivity contribution in [3.05, 3.63) is 58.5 Å². The lowest BCUT2D eigenvalue weighted by Gasteiger charge is -2.09. The van der Waals surface area contributed by atoms with Crippen LogP contribution in [0.1, 0.15) is 5.56 Å². The van der Waals surface area contributed by atoms with Gasteiger partial charge in [0.25, 0.3) is 15.6 Å². The van der Waals surface area contributed by atoms with E-state index in [1.165, 1.54) is 18.3 Å². The maximum atomic E-state index is 12.0. The lowest BCUT2D eigenvalue weighted by molar-refractivity contribution is 0.600. The van der Waals surface area contributed by atoms with E-state index in [0.717, 1.165) is 5.56 Å². The van der Waals surface area contributed by atoms with Crippen molar-refractivity contribution in [1.29, 1.82) is 0 Å². The Balaban J connectivity index is 2.43. The molecule has 1 heterocycles. The molecule has 2 rings (SSSR count). The number of rotatable bonds is 3. The minimum absolute atomic E-state index is 0.298. The maximum Gasteiger partial charge on any atom is 0.268 e. The summed E-state index contributed by atoms with van der Waals surface area (Å²) in [5.74, 6) is 0. The predicted molar refractivity (Wildman–Crippen MR) is 69.1 cm³/mol. The molecular weight excluding hydrogens is 252 g/mol. The molecule has 0 bridgehead atoms. The molecule has 1 aromatic heterocycles. The number of H-pyrrole nitrogens is 1. The van der Waals surface area contributed by atoms with Gasteiger partial charge in [-0.1, -0.05) is 18.2 Å². The summed E-state index contributed by atoms with van der Waals surface area (Å²) in [6.45, 7) is 1.78. The smallest absolute Gasteiger partial charge is 0.268 e. The first-order valence-corrected chi connectivity index (χ1v) is 6.75. The first-order valence-electron chi connectivity index (χ1n) is 5.27. The molecule has 1 aromatic carbocycles. The summed E-state index contributed by atoms with van der Waals surface area (Å²) in [5, 5.41) is 0. The Morgan fingerprint density at radius 1 is 1.11 bits per heavy atom. The first kappa shape index (κ1) is 12.4. The quantitative estimate of drug-likeness (QED) is 0.881. The highest BCUT2D eigenvalue weighted by Crippen LogP contribution is 2.17. The van der Waals surface area contributed by atoms with Gasteiger partial charge >= 0.3 is 0 Å². The Morgan fingerprint density at radius 3 is 2.50 bits per heavy atom. The molecule has 0 saturated heterocycles. The van der Waals surface area contributed by atoms with Gasteiger partial charge in [-0.25, -0.2) is 8.42 Å². The molecule has 2 N–H and O–H groups in total. The van der Waals surface area contributed by atoms with Gasteiger partial charge in [-0.15, -0.1) is 0 Å². The number of aryl methyl sites for hydroxylation is 1. The normalized spacial score (nSPS) is 11.2. The van der Waals surface area contributed by atoms with Gasteiger partial charge in [0.2, 0.25) is 0 Å². The fourth-order valence-electron chi connectivity index (χ4n) is 1.50. The second kappa shape index (κ2) is 4.66. The van der Waals surface area contributed by atoms with Crippen LogP contribution in [0.15, 0.2) is 52.3 Å². The molecule has 0 spiro atoms. The fraction of sp³-hybridized carbons (Fsp3) is 0.0833. The van der Waals surface area contributed by atoms with E-state index in [-0.39, 0.29) is 4.90 Å². The third kappa shape index (κ3) is 2.43. The standard InChI is InChI=1S/C12H12N2O3S/c1-9-5-2-3-6-10(9)14-18(16,17)11-7-4-8-13-12(11)15/h2-8,14H,1H3,(H,13,15). The highest BCUT2D eigenvalue weighted by molar-refractivity contribution is 7.92. The van der Waals surface area contributed by atoms with E-state index in [2.05, 4.69) is 9.71 Å². The van der Waals surface area contributed by atoms with E-state index in [0.29, 0.717) is 5.69 Å². The lowest BCUT2D eigenvalue weighted by Crippen LogP contribution is -2.22. The third-order valence-corrected chi connectivity index (χ3v) is 3.85. The molecule has 18 heavy (non-hydrogen) atoms. The Hall–Kier alpha value is -2.08. The van der Waals surface area contributed by atoms with Crippen LogP contribution in [0.2, 0.25) is 0 Å². The Kier molecular flexibility index (Phi) is 3.20. The topological polar surface area (TPSA) is 79.0 Å². The summed E-state index contributed by atoms with van der Waals surface area (Å²) in [4.78, 5) is 13.5. The van der Waals surface area contributed by atoms with Crippen molar-refractivity contribution in [2.45, 2.75) is 11.8 Å². The molecule has 2 aromatic rings. The second-order valence-corrected chi connectivity index (χ2v) is 5.43. The van der Waals surface area contributed by atoms with E-state index in [1.54, 1.807) is 25.1 Å². The fourth-order valence-corrected chi connectivity index (χ4v) is 2.69. The van der Waals surface area contributed by atoms with Crippen molar-refractivity contribution in [3.8, 4) is 0 Å². The van der Waals surface area contributed by atoms with Gasteiger partial charge in [0.15, 0.2) is 4.90 Å². The van der Waals surface area contributed by atoms with Crippen molar-refractivity contribution >= 4 is 15.7 Å². The Morgan fingerprint density at radius 2 is 1.83 bits per heavy atom. The summed E-state index contributed by atoms with van der Waals surface area (Å²) >= 11 is 0. The van der Waals surface area contributed by atoms with Gasteiger partial charge in [-0.05, 0) is 30.7 Å². The molecule has 94 valence electrons. The molecule has 0 unspecified atom stereocenters. The number of nitrogens with one attached hydrogen (secondary N) is 2. The van der Waals surface area contributed by atoms with E-state index >= 15 is 0 Å². The number of hydrogen-bond donors (Lipinski definition) is 2. The minimum atomic E-state index is -3.86. The molecule has 5 nitrogen and oxygen atoms in total. The summed E-state index contributed by atoms with van der Waals surface area (Å²) in [6, 6.07) is 9.69. The monoisotopic (exact) mass is 264 g/mol. The highest BCUT2D eigenvalue weighted by Gasteiger charge is 2.18. The van der Waals surface area contributed by atoms with E-state index < -0.39 is 15.6 Å². The molecule has 0 aliphatic rings. The molecule has 0 atom stereocenters. The van der Waals surface area contributed by atoms with Crippen LogP contribution < -0.4 is 10.3 Å². The molecular formula is C12H12N2O3S. The van der Waals surface area contributed by atoms with Gasteiger partial charge < -0.3 is 4.98 Å². The minimum Gasteiger partial charge on any atom is -0.328 e. The zero-order valence-electron chi connectivity index (χ0n) is 9.67. The number of hydrogen-bond acceptors (Lipinski definition) is 3. The maximum absolute atomic E-state index is 12.0. The van der Waals surface area contributed by atoms with Crippen molar-refractivity contribution in [2.75, 3.05) is 4.72 Å². The predicted octanol–water partition coefficient (Wildman–Crippen LogP) is 1.48. The average molecular weight is 264 g/mol. The first-order chi connectivity index (χ1) is 8.50. The number of pyridine rings is 1. The summed E-state index contributed by atoms with van der Waals surface area (Å²) < 4.78 is 26.5. The third-order valence-electron chi connectivity index (χ3n) is 2.46. The number of benzene rings is 1. The molecule has 0 fully saturated rings. The molecule has 0 radical (unpaired) electrons. The molecule has 6 heteroatoms. The summed E-state index contributed by atoms with van der Waals surface area (Å²) in [7, 11) is -3.86. The Labute approximate surface area is 105 Å². The van der Waals surface area contributed by atoms with Gasteiger partial charge in [0.05, 0.1) is 5.69 Å². The van der Waals surface area contributed by atoms with Crippen LogP contribution >= 0.6 is 0 Å². The molecule has 0 amide bonds. The van der Waals surface area contributed by atoms with Crippen LogP contribution in [0.5, 0.6) is 0 Å². The molecule has 0 aliphatic carbocycles. The second-order valence-electron chi connectivity index (χ2n) is 3.78. The zero-order chi connectivity index (χ0) is 13.2. The summed E-state index contributed by atoms with van der Waals surface area (Å²) in [6.07, 6.45) is 1.38. The van der Waals surface area contributed by atoms with E-state index in [4.69, 9.17) is 0 Å². The number of aromatic amines is 1. The van der Waals surface area contributed by atoms with Gasteiger partial charge in [0.1, 0.15) is 0 Å². The van der Waals surface area contributed by atoms with Gasteiger partial charge in [-0.3, -0.25) is 9.52 Å². The van der Waals surface area contributed by atoms with Crippen molar-refractivity contribution in [1.82, 2.24) is 4.98 Å². The Bertz CT molecular complexity index is 720. The number of anilines is 1. The van der Waals surface area contributed by atoms with Crippen LogP contribution in [0.4, 0.5) is 5.69 Å².